The largest absolute Gasteiger partial charge is 0.416 e. The molecule has 0 radical (unpaired) electrons. The highest BCUT2D eigenvalue weighted by molar-refractivity contribution is 6.01. The summed E-state index contributed by atoms with van der Waals surface area (Å²) in [6.45, 7) is 2.76. The van der Waals surface area contributed by atoms with E-state index in [9.17, 15) is 18.0 Å². The normalized spacial score (nSPS) is 26.7. The van der Waals surface area contributed by atoms with Crippen molar-refractivity contribution >= 4 is 11.9 Å². The van der Waals surface area contributed by atoms with Gasteiger partial charge in [-0.15, -0.1) is 0 Å². The lowest BCUT2D eigenvalue weighted by molar-refractivity contribution is -0.137. The molecule has 0 bridgehead atoms. The average molecular weight is 341 g/mol. The van der Waals surface area contributed by atoms with Gasteiger partial charge in [-0.05, 0) is 17.7 Å². The number of fused-ring (bicyclic) bond motifs is 1. The maximum atomic E-state index is 12.6. The fraction of sp³-hybridized carbons (Fsp3) is 0.467. The van der Waals surface area contributed by atoms with Crippen LogP contribution in [0.3, 0.4) is 0 Å². The van der Waals surface area contributed by atoms with Crippen LogP contribution >= 0.6 is 0 Å². The van der Waals surface area contributed by atoms with Crippen LogP contribution in [0.1, 0.15) is 24.0 Å². The summed E-state index contributed by atoms with van der Waals surface area (Å²) >= 11 is 0. The molecular formula is C15H18F3N5O. The minimum Gasteiger partial charge on any atom is -0.339 e. The van der Waals surface area contributed by atoms with E-state index in [0.717, 1.165) is 17.7 Å². The van der Waals surface area contributed by atoms with Crippen molar-refractivity contribution in [2.45, 2.75) is 25.2 Å². The summed E-state index contributed by atoms with van der Waals surface area (Å²) in [5.41, 5.74) is 5.94. The van der Waals surface area contributed by atoms with Gasteiger partial charge in [0.2, 0.25) is 5.91 Å². The van der Waals surface area contributed by atoms with E-state index >= 15 is 0 Å². The van der Waals surface area contributed by atoms with E-state index in [-0.39, 0.29) is 23.9 Å². The van der Waals surface area contributed by atoms with Gasteiger partial charge in [0.1, 0.15) is 6.17 Å². The van der Waals surface area contributed by atoms with Crippen LogP contribution in [-0.2, 0) is 11.0 Å². The number of carbonyl (C=O) groups excluding carboxylic acids is 1. The molecule has 0 aliphatic carbocycles. The Morgan fingerprint density at radius 2 is 2.00 bits per heavy atom. The van der Waals surface area contributed by atoms with Gasteiger partial charge in [0, 0.05) is 19.0 Å². The maximum absolute atomic E-state index is 12.6. The van der Waals surface area contributed by atoms with Crippen molar-refractivity contribution in [1.29, 1.82) is 0 Å². The van der Waals surface area contributed by atoms with Gasteiger partial charge >= 0.3 is 6.18 Å². The van der Waals surface area contributed by atoms with Crippen molar-refractivity contribution < 1.29 is 18.0 Å². The number of benzene rings is 1. The van der Waals surface area contributed by atoms with E-state index in [1.165, 1.54) is 12.1 Å². The van der Waals surface area contributed by atoms with Gasteiger partial charge in [-0.25, -0.2) is 5.43 Å². The van der Waals surface area contributed by atoms with Crippen LogP contribution in [-0.4, -0.2) is 31.1 Å². The maximum Gasteiger partial charge on any atom is 0.416 e. The second-order valence-electron chi connectivity index (χ2n) is 5.95. The number of hydrogen-bond acceptors (Lipinski definition) is 4. The van der Waals surface area contributed by atoms with Crippen molar-refractivity contribution in [3.63, 3.8) is 0 Å². The van der Waals surface area contributed by atoms with Gasteiger partial charge in [0.25, 0.3) is 0 Å². The molecule has 6 nitrogen and oxygen atoms in total. The van der Waals surface area contributed by atoms with E-state index in [4.69, 9.17) is 0 Å². The molecule has 2 aliphatic rings. The third-order valence-electron chi connectivity index (χ3n) is 4.18. The number of nitrogens with one attached hydrogen (secondary N) is 4. The fourth-order valence-corrected chi connectivity index (χ4v) is 2.69. The Hall–Kier alpha value is -2.13. The Morgan fingerprint density at radius 3 is 2.67 bits per heavy atom. The topological polar surface area (TPSA) is 77.5 Å². The lowest BCUT2D eigenvalue weighted by Gasteiger charge is -2.27. The molecule has 2 fully saturated rings. The average Bonchev–Trinajstić information content (AvgIpc) is 3.01. The van der Waals surface area contributed by atoms with Crippen LogP contribution < -0.4 is 21.5 Å². The summed E-state index contributed by atoms with van der Waals surface area (Å²) in [6, 6.07) is 5.05. The van der Waals surface area contributed by atoms with Gasteiger partial charge in [0.15, 0.2) is 5.96 Å². The SMILES string of the molecule is CC(CN=C1NC(=O)C2CNNC2N1)c1ccc(C(F)(F)F)cc1. The minimum absolute atomic E-state index is 0.0779. The number of hydrogen-bond donors (Lipinski definition) is 4. The zero-order valence-electron chi connectivity index (χ0n) is 12.9. The number of rotatable bonds is 3. The first-order valence-electron chi connectivity index (χ1n) is 7.62. The summed E-state index contributed by atoms with van der Waals surface area (Å²) < 4.78 is 37.7. The highest BCUT2D eigenvalue weighted by atomic mass is 19.4. The molecule has 2 aliphatic heterocycles. The van der Waals surface area contributed by atoms with Crippen molar-refractivity contribution in [2.75, 3.05) is 13.1 Å². The van der Waals surface area contributed by atoms with E-state index in [0.29, 0.717) is 19.0 Å². The number of amides is 1. The minimum atomic E-state index is -4.34. The molecule has 3 atom stereocenters. The second kappa shape index (κ2) is 6.40. The molecule has 4 N–H and O–H groups in total. The Bertz CT molecular complexity index is 644. The number of nitrogens with zero attached hydrogens (tertiary/aromatic N) is 1. The van der Waals surface area contributed by atoms with Gasteiger partial charge in [-0.2, -0.15) is 13.2 Å². The fourth-order valence-electron chi connectivity index (χ4n) is 2.69. The first-order valence-corrected chi connectivity index (χ1v) is 7.62. The Balaban J connectivity index is 1.62. The molecule has 24 heavy (non-hydrogen) atoms. The molecule has 1 aromatic carbocycles. The van der Waals surface area contributed by atoms with E-state index in [2.05, 4.69) is 26.5 Å². The molecule has 130 valence electrons. The molecule has 9 heteroatoms. The zero-order chi connectivity index (χ0) is 17.3. The molecule has 0 saturated carbocycles. The quantitative estimate of drug-likeness (QED) is 0.660. The number of aliphatic imine (C=N–C) groups is 1. The Morgan fingerprint density at radius 1 is 1.29 bits per heavy atom. The number of alkyl halides is 3. The predicted octanol–water partition coefficient (Wildman–Crippen LogP) is 0.934. The van der Waals surface area contributed by atoms with Crippen molar-refractivity contribution in [3.8, 4) is 0 Å². The van der Waals surface area contributed by atoms with E-state index in [1.54, 1.807) is 0 Å². The second-order valence-corrected chi connectivity index (χ2v) is 5.95. The summed E-state index contributed by atoms with van der Waals surface area (Å²) in [5.74, 6) is -0.0180. The first kappa shape index (κ1) is 16.7. The summed E-state index contributed by atoms with van der Waals surface area (Å²) in [7, 11) is 0. The number of hydrazine groups is 1. The Labute approximate surface area is 136 Å². The van der Waals surface area contributed by atoms with Crippen molar-refractivity contribution in [3.05, 3.63) is 35.4 Å². The molecular weight excluding hydrogens is 323 g/mol. The number of carbonyl (C=O) groups is 1. The summed E-state index contributed by atoms with van der Waals surface area (Å²) in [6.07, 6.45) is -4.55. The number of halogens is 3. The molecule has 0 aromatic heterocycles. The molecule has 0 spiro atoms. The third kappa shape index (κ3) is 3.51. The third-order valence-corrected chi connectivity index (χ3v) is 4.18. The van der Waals surface area contributed by atoms with Gasteiger partial charge in [-0.1, -0.05) is 19.1 Å². The molecule has 2 heterocycles. The van der Waals surface area contributed by atoms with Gasteiger partial charge < -0.3 is 5.32 Å². The molecule has 2 saturated heterocycles. The standard InChI is InChI=1S/C15H18F3N5O/c1-8(9-2-4-10(5-3-9)15(16,17)18)6-19-14-21-12-11(7-20-23-12)13(24)22-14/h2-5,8,11-12,20,23H,6-7H2,1H3,(H2,19,21,22,24). The highest BCUT2D eigenvalue weighted by Gasteiger charge is 2.37. The van der Waals surface area contributed by atoms with Crippen LogP contribution in [0.5, 0.6) is 0 Å². The first-order chi connectivity index (χ1) is 11.3. The van der Waals surface area contributed by atoms with Gasteiger partial charge in [0.05, 0.1) is 11.5 Å². The molecule has 1 aromatic rings. The summed E-state index contributed by atoms with van der Waals surface area (Å²) in [5, 5.41) is 5.77. The highest BCUT2D eigenvalue weighted by Crippen LogP contribution is 2.30. The summed E-state index contributed by atoms with van der Waals surface area (Å²) in [4.78, 5) is 16.2. The van der Waals surface area contributed by atoms with Gasteiger partial charge in [-0.3, -0.25) is 20.5 Å². The zero-order valence-corrected chi connectivity index (χ0v) is 12.9. The number of guanidine groups is 1. The molecule has 3 rings (SSSR count). The van der Waals surface area contributed by atoms with E-state index in [1.807, 2.05) is 6.92 Å². The molecule has 1 amide bonds. The van der Waals surface area contributed by atoms with Crippen LogP contribution in [0, 0.1) is 5.92 Å². The Kier molecular flexibility index (Phi) is 4.46. The van der Waals surface area contributed by atoms with Crippen LogP contribution in [0.4, 0.5) is 13.2 Å². The van der Waals surface area contributed by atoms with Crippen molar-refractivity contribution in [1.82, 2.24) is 21.5 Å². The molecule has 3 unspecified atom stereocenters. The van der Waals surface area contributed by atoms with Crippen LogP contribution in [0.25, 0.3) is 0 Å². The van der Waals surface area contributed by atoms with Crippen LogP contribution in [0.15, 0.2) is 29.3 Å². The van der Waals surface area contributed by atoms with Crippen LogP contribution in [0.2, 0.25) is 0 Å². The van der Waals surface area contributed by atoms with E-state index < -0.39 is 11.7 Å². The lowest BCUT2D eigenvalue weighted by Crippen LogP contribution is -2.61. The van der Waals surface area contributed by atoms with Crippen molar-refractivity contribution in [2.24, 2.45) is 10.9 Å². The predicted molar refractivity (Wildman–Crippen MR) is 81.9 cm³/mol. The smallest absolute Gasteiger partial charge is 0.339 e. The monoisotopic (exact) mass is 341 g/mol. The lowest BCUT2D eigenvalue weighted by atomic mass is 10.00.